The van der Waals surface area contributed by atoms with Gasteiger partial charge < -0.3 is 4.74 Å². The number of likely N-dealkylation sites (tertiary alicyclic amines) is 2. The summed E-state index contributed by atoms with van der Waals surface area (Å²) in [5.41, 5.74) is 0.819. The molecule has 1 saturated carbocycles. The molecular formula is C31H29BrN2O6. The molecule has 2 heterocycles. The van der Waals surface area contributed by atoms with Crippen molar-refractivity contribution in [3.8, 4) is 0 Å². The first kappa shape index (κ1) is 26.6. The van der Waals surface area contributed by atoms with E-state index in [1.165, 1.54) is 9.80 Å². The normalized spacial score (nSPS) is 32.6. The maximum absolute atomic E-state index is 14.2. The van der Waals surface area contributed by atoms with Gasteiger partial charge in [-0.05, 0) is 30.5 Å². The quantitative estimate of drug-likeness (QED) is 0.283. The van der Waals surface area contributed by atoms with Crippen LogP contribution in [0.2, 0.25) is 0 Å². The van der Waals surface area contributed by atoms with Crippen LogP contribution in [0.15, 0.2) is 71.8 Å². The summed E-state index contributed by atoms with van der Waals surface area (Å²) < 4.78 is 4.04. The van der Waals surface area contributed by atoms with Crippen LogP contribution in [0.25, 0.3) is 0 Å². The number of rotatable bonds is 6. The summed E-state index contributed by atoms with van der Waals surface area (Å²) in [7, 11) is 0. The zero-order valence-electron chi connectivity index (χ0n) is 22.4. The molecule has 0 radical (unpaired) electrons. The van der Waals surface area contributed by atoms with Crippen LogP contribution in [0, 0.1) is 29.1 Å². The summed E-state index contributed by atoms with van der Waals surface area (Å²) in [5.74, 6) is -6.29. The number of hydrogen-bond donors (Lipinski definition) is 0. The Kier molecular flexibility index (Phi) is 6.14. The van der Waals surface area contributed by atoms with E-state index < -0.39 is 63.0 Å². The first-order chi connectivity index (χ1) is 19.1. The molecule has 2 aromatic rings. The highest BCUT2D eigenvalue weighted by molar-refractivity contribution is 9.10. The van der Waals surface area contributed by atoms with Crippen molar-refractivity contribution < 1.29 is 28.7 Å². The standard InChI is InChI=1S/C31H29BrN2O6/c1-4-40-29(39)20-17(2)31(32)23-21(25(35)33(27(23)37)15-18-11-7-5-8-12-18)30(20,3)22-24(31)28(38)34(26(22)36)16-19-13-9-6-10-14-19/h5-14,21-24H,4,15-16H2,1-3H3/t21-,22-,23-,24+,30?,31?/m1/s1. The maximum atomic E-state index is 14.2. The molecule has 0 aromatic heterocycles. The molecule has 9 heteroatoms. The fourth-order valence-electron chi connectivity index (χ4n) is 7.69. The minimum Gasteiger partial charge on any atom is -0.463 e. The third-order valence-corrected chi connectivity index (χ3v) is 10.9. The summed E-state index contributed by atoms with van der Waals surface area (Å²) in [4.78, 5) is 72.5. The predicted molar refractivity (Wildman–Crippen MR) is 147 cm³/mol. The maximum Gasteiger partial charge on any atom is 0.334 e. The Labute approximate surface area is 240 Å². The average Bonchev–Trinajstić information content (AvgIpc) is 3.35. The highest BCUT2D eigenvalue weighted by Gasteiger charge is 2.81. The first-order valence-electron chi connectivity index (χ1n) is 13.4. The van der Waals surface area contributed by atoms with Gasteiger partial charge >= 0.3 is 5.97 Å². The largest absolute Gasteiger partial charge is 0.463 e. The Morgan fingerprint density at radius 3 is 1.57 bits per heavy atom. The van der Waals surface area contributed by atoms with Gasteiger partial charge in [-0.2, -0.15) is 0 Å². The van der Waals surface area contributed by atoms with E-state index in [0.29, 0.717) is 5.57 Å². The monoisotopic (exact) mass is 604 g/mol. The van der Waals surface area contributed by atoms with Crippen molar-refractivity contribution >= 4 is 45.5 Å². The van der Waals surface area contributed by atoms with Crippen LogP contribution in [0.5, 0.6) is 0 Å². The zero-order chi connectivity index (χ0) is 28.6. The minimum absolute atomic E-state index is 0.0653. The van der Waals surface area contributed by atoms with Gasteiger partial charge in [0.05, 0.1) is 47.7 Å². The molecule has 2 unspecified atom stereocenters. The number of esters is 1. The third-order valence-electron chi connectivity index (χ3n) is 9.33. The highest BCUT2D eigenvalue weighted by Crippen LogP contribution is 2.72. The Bertz CT molecular complexity index is 1400. The van der Waals surface area contributed by atoms with E-state index in [4.69, 9.17) is 4.74 Å². The number of carbonyl (C=O) groups excluding carboxylic acids is 5. The van der Waals surface area contributed by atoms with Gasteiger partial charge in [-0.15, -0.1) is 0 Å². The molecule has 2 saturated heterocycles. The van der Waals surface area contributed by atoms with Crippen molar-refractivity contribution in [3.05, 3.63) is 82.9 Å². The lowest BCUT2D eigenvalue weighted by Crippen LogP contribution is -2.67. The number of ether oxygens (including phenoxy) is 1. The van der Waals surface area contributed by atoms with Gasteiger partial charge in [0.1, 0.15) is 0 Å². The number of imide groups is 2. The molecule has 7 rings (SSSR count). The molecular weight excluding hydrogens is 576 g/mol. The lowest BCUT2D eigenvalue weighted by atomic mass is 9.43. The van der Waals surface area contributed by atoms with Crippen LogP contribution in [0.3, 0.4) is 0 Å². The van der Waals surface area contributed by atoms with Gasteiger partial charge in [-0.25, -0.2) is 4.79 Å². The van der Waals surface area contributed by atoms with Gasteiger partial charge in [0.2, 0.25) is 23.6 Å². The Morgan fingerprint density at radius 2 is 1.18 bits per heavy atom. The molecule has 2 aromatic carbocycles. The number of carbonyl (C=O) groups is 5. The Hall–Kier alpha value is -3.59. The smallest absolute Gasteiger partial charge is 0.334 e. The summed E-state index contributed by atoms with van der Waals surface area (Å²) in [6.45, 7) is 5.32. The lowest BCUT2D eigenvalue weighted by molar-refractivity contribution is -0.152. The molecule has 0 N–H and O–H groups in total. The van der Waals surface area contributed by atoms with E-state index in [2.05, 4.69) is 15.9 Å². The van der Waals surface area contributed by atoms with Crippen LogP contribution in [0.4, 0.5) is 0 Å². The SMILES string of the molecule is CCOC(=O)C1=C(C)C2(Br)[C@@H]3C(=O)N(Cc4ccccc4)C(=O)[C@@H]3C1(C)[C@H]1C(=O)N(Cc3ccccc3)C(=O)[C@@H]12. The molecule has 8 nitrogen and oxygen atoms in total. The zero-order valence-corrected chi connectivity index (χ0v) is 24.0. The fraction of sp³-hybridized carbons (Fsp3) is 0.387. The molecule has 206 valence electrons. The number of allylic oxidation sites excluding steroid dienone is 1. The second-order valence-electron chi connectivity index (χ2n) is 11.2. The number of amides is 4. The Morgan fingerprint density at radius 1 is 0.775 bits per heavy atom. The number of nitrogens with zero attached hydrogens (tertiary/aromatic N) is 2. The summed E-state index contributed by atoms with van der Waals surface area (Å²) in [5, 5.41) is 0. The van der Waals surface area contributed by atoms with Gasteiger partial charge in [-0.3, -0.25) is 29.0 Å². The van der Waals surface area contributed by atoms with Crippen molar-refractivity contribution in [1.29, 1.82) is 0 Å². The number of benzene rings is 2. The average molecular weight is 605 g/mol. The third kappa shape index (κ3) is 3.33. The second kappa shape index (κ2) is 9.23. The Balaban J connectivity index is 1.51. The van der Waals surface area contributed by atoms with E-state index >= 15 is 0 Å². The fourth-order valence-corrected chi connectivity index (χ4v) is 8.81. The molecule has 40 heavy (non-hydrogen) atoms. The van der Waals surface area contributed by atoms with Crippen molar-refractivity contribution in [2.45, 2.75) is 38.2 Å². The summed E-state index contributed by atoms with van der Waals surface area (Å²) >= 11 is 3.79. The number of alkyl halides is 1. The first-order valence-corrected chi connectivity index (χ1v) is 14.2. The number of hydrogen-bond acceptors (Lipinski definition) is 6. The topological polar surface area (TPSA) is 101 Å². The van der Waals surface area contributed by atoms with E-state index in [-0.39, 0.29) is 25.3 Å². The molecule has 0 spiro atoms. The summed E-state index contributed by atoms with van der Waals surface area (Å²) in [6.07, 6.45) is 0. The molecule has 2 aliphatic heterocycles. The molecule has 3 fully saturated rings. The van der Waals surface area contributed by atoms with E-state index in [9.17, 15) is 24.0 Å². The molecule has 4 amide bonds. The molecule has 2 bridgehead atoms. The van der Waals surface area contributed by atoms with Crippen molar-refractivity contribution in [2.24, 2.45) is 29.1 Å². The number of halogens is 1. The van der Waals surface area contributed by atoms with Crippen molar-refractivity contribution in [3.63, 3.8) is 0 Å². The minimum atomic E-state index is -1.42. The van der Waals surface area contributed by atoms with Crippen LogP contribution >= 0.6 is 15.9 Å². The lowest BCUT2D eigenvalue weighted by Gasteiger charge is -2.59. The van der Waals surface area contributed by atoms with Gasteiger partial charge in [0.25, 0.3) is 0 Å². The van der Waals surface area contributed by atoms with Crippen LogP contribution in [-0.2, 0) is 41.8 Å². The van der Waals surface area contributed by atoms with Crippen molar-refractivity contribution in [1.82, 2.24) is 9.80 Å². The van der Waals surface area contributed by atoms with E-state index in [0.717, 1.165) is 11.1 Å². The van der Waals surface area contributed by atoms with Gasteiger partial charge in [0, 0.05) is 11.0 Å². The molecule has 5 aliphatic rings. The highest BCUT2D eigenvalue weighted by atomic mass is 79.9. The van der Waals surface area contributed by atoms with Crippen LogP contribution in [-0.4, -0.2) is 50.3 Å². The molecule has 3 aliphatic carbocycles. The van der Waals surface area contributed by atoms with Crippen molar-refractivity contribution in [2.75, 3.05) is 6.61 Å². The van der Waals surface area contributed by atoms with Gasteiger partial charge in [0.15, 0.2) is 0 Å². The van der Waals surface area contributed by atoms with Crippen LogP contribution in [0.1, 0.15) is 31.9 Å². The molecule has 6 atom stereocenters. The van der Waals surface area contributed by atoms with E-state index in [1.54, 1.807) is 20.8 Å². The van der Waals surface area contributed by atoms with Crippen LogP contribution < -0.4 is 0 Å². The second-order valence-corrected chi connectivity index (χ2v) is 12.5. The predicted octanol–water partition coefficient (Wildman–Crippen LogP) is 3.64. The van der Waals surface area contributed by atoms with Gasteiger partial charge in [-0.1, -0.05) is 83.5 Å². The summed E-state index contributed by atoms with van der Waals surface area (Å²) in [6, 6.07) is 18.4. The van der Waals surface area contributed by atoms with E-state index in [1.807, 2.05) is 60.7 Å².